The topological polar surface area (TPSA) is 61.8 Å². The van der Waals surface area contributed by atoms with Gasteiger partial charge in [-0.3, -0.25) is 0 Å². The molecule has 1 aromatic heterocycles. The van der Waals surface area contributed by atoms with E-state index in [2.05, 4.69) is 65.3 Å². The summed E-state index contributed by atoms with van der Waals surface area (Å²) in [5.41, 5.74) is 1.11. The van der Waals surface area contributed by atoms with E-state index in [1.807, 2.05) is 6.20 Å². The summed E-state index contributed by atoms with van der Waals surface area (Å²) in [4.78, 5) is 11.4. The van der Waals surface area contributed by atoms with Crippen LogP contribution >= 0.6 is 0 Å². The smallest absolute Gasteiger partial charge is 0.191 e. The molecule has 0 unspecified atom stereocenters. The second-order valence-electron chi connectivity index (χ2n) is 6.14. The Balaban J connectivity index is 2.42. The van der Waals surface area contributed by atoms with Crippen LogP contribution < -0.4 is 15.5 Å². The number of anilines is 1. The van der Waals surface area contributed by atoms with Crippen molar-refractivity contribution < 1.29 is 4.74 Å². The first kappa shape index (κ1) is 22.2. The molecule has 148 valence electrons. The first-order chi connectivity index (χ1) is 12.7. The van der Waals surface area contributed by atoms with Crippen LogP contribution in [0.15, 0.2) is 23.3 Å². The SMILES string of the molecule is CCCCOCCCNC(=NCc1ccc(N(CC)CC)nc1)NCC. The highest BCUT2D eigenvalue weighted by Gasteiger charge is 2.03. The van der Waals surface area contributed by atoms with Gasteiger partial charge in [0.05, 0.1) is 6.54 Å². The number of hydrogen-bond acceptors (Lipinski definition) is 4. The number of guanidine groups is 1. The van der Waals surface area contributed by atoms with E-state index < -0.39 is 0 Å². The molecule has 0 bridgehead atoms. The van der Waals surface area contributed by atoms with Crippen LogP contribution in [-0.2, 0) is 11.3 Å². The molecule has 2 N–H and O–H groups in total. The highest BCUT2D eigenvalue weighted by molar-refractivity contribution is 5.79. The molecule has 0 saturated heterocycles. The first-order valence-electron chi connectivity index (χ1n) is 10.0. The molecule has 0 spiro atoms. The lowest BCUT2D eigenvalue weighted by Gasteiger charge is -2.19. The maximum absolute atomic E-state index is 5.58. The van der Waals surface area contributed by atoms with Crippen molar-refractivity contribution in [3.8, 4) is 0 Å². The Kier molecular flexibility index (Phi) is 12.3. The quantitative estimate of drug-likeness (QED) is 0.320. The fraction of sp³-hybridized carbons (Fsp3) is 0.700. The van der Waals surface area contributed by atoms with Gasteiger partial charge in [0.2, 0.25) is 0 Å². The van der Waals surface area contributed by atoms with Gasteiger partial charge in [-0.1, -0.05) is 19.4 Å². The minimum Gasteiger partial charge on any atom is -0.381 e. The molecule has 0 radical (unpaired) electrons. The molecule has 0 atom stereocenters. The van der Waals surface area contributed by atoms with Crippen molar-refractivity contribution >= 4 is 11.8 Å². The molecule has 6 heteroatoms. The maximum atomic E-state index is 5.58. The van der Waals surface area contributed by atoms with Crippen LogP contribution in [0.25, 0.3) is 0 Å². The average Bonchev–Trinajstić information content (AvgIpc) is 2.67. The summed E-state index contributed by atoms with van der Waals surface area (Å²) in [6.45, 7) is 14.5. The van der Waals surface area contributed by atoms with Crippen molar-refractivity contribution in [3.05, 3.63) is 23.9 Å². The zero-order valence-electron chi connectivity index (χ0n) is 17.1. The van der Waals surface area contributed by atoms with E-state index in [4.69, 9.17) is 4.74 Å². The van der Waals surface area contributed by atoms with Gasteiger partial charge in [-0.05, 0) is 45.2 Å². The van der Waals surface area contributed by atoms with Crippen LogP contribution in [0.5, 0.6) is 0 Å². The van der Waals surface area contributed by atoms with Gasteiger partial charge < -0.3 is 20.3 Å². The monoisotopic (exact) mass is 363 g/mol. The van der Waals surface area contributed by atoms with Crippen LogP contribution in [0.1, 0.15) is 52.5 Å². The van der Waals surface area contributed by atoms with E-state index in [0.29, 0.717) is 6.54 Å². The number of unbranched alkanes of at least 4 members (excludes halogenated alkanes) is 1. The van der Waals surface area contributed by atoms with Crippen LogP contribution in [0, 0.1) is 0 Å². The van der Waals surface area contributed by atoms with Crippen molar-refractivity contribution in [2.24, 2.45) is 4.99 Å². The van der Waals surface area contributed by atoms with Gasteiger partial charge in [-0.2, -0.15) is 0 Å². The lowest BCUT2D eigenvalue weighted by Crippen LogP contribution is -2.38. The third-order valence-electron chi connectivity index (χ3n) is 4.06. The summed E-state index contributed by atoms with van der Waals surface area (Å²) < 4.78 is 5.58. The van der Waals surface area contributed by atoms with E-state index in [0.717, 1.165) is 69.6 Å². The number of rotatable bonds is 13. The van der Waals surface area contributed by atoms with Crippen molar-refractivity contribution in [3.63, 3.8) is 0 Å². The number of nitrogens with zero attached hydrogens (tertiary/aromatic N) is 3. The first-order valence-corrected chi connectivity index (χ1v) is 10.0. The number of pyridine rings is 1. The third kappa shape index (κ3) is 9.04. The molecular formula is C20H37N5O. The number of aliphatic imine (C=N–C) groups is 1. The molecule has 1 aromatic rings. The summed E-state index contributed by atoms with van der Waals surface area (Å²) in [5, 5.41) is 6.64. The van der Waals surface area contributed by atoms with Crippen LogP contribution in [-0.4, -0.2) is 50.3 Å². The van der Waals surface area contributed by atoms with Crippen molar-refractivity contribution in [2.75, 3.05) is 44.3 Å². The Morgan fingerprint density at radius 1 is 1.08 bits per heavy atom. The number of nitrogens with one attached hydrogen (secondary N) is 2. The zero-order valence-corrected chi connectivity index (χ0v) is 17.1. The molecular weight excluding hydrogens is 326 g/mol. The second kappa shape index (κ2) is 14.4. The normalized spacial score (nSPS) is 11.5. The molecule has 0 aromatic carbocycles. The predicted octanol–water partition coefficient (Wildman–Crippen LogP) is 3.19. The summed E-state index contributed by atoms with van der Waals surface area (Å²) in [7, 11) is 0. The minimum atomic E-state index is 0.619. The van der Waals surface area contributed by atoms with E-state index in [-0.39, 0.29) is 0 Å². The van der Waals surface area contributed by atoms with Gasteiger partial charge >= 0.3 is 0 Å². The molecule has 0 aliphatic rings. The van der Waals surface area contributed by atoms with Crippen LogP contribution in [0.2, 0.25) is 0 Å². The standard InChI is InChI=1S/C20H37N5O/c1-5-9-14-26-15-10-13-22-20(21-6-2)24-17-18-11-12-19(23-16-18)25(7-3)8-4/h11-12,16H,5-10,13-15,17H2,1-4H3,(H2,21,22,24). The Labute approximate surface area is 159 Å². The molecule has 0 saturated carbocycles. The second-order valence-corrected chi connectivity index (χ2v) is 6.14. The van der Waals surface area contributed by atoms with Crippen LogP contribution in [0.4, 0.5) is 5.82 Å². The van der Waals surface area contributed by atoms with Gasteiger partial charge in [0.15, 0.2) is 5.96 Å². The molecule has 1 rings (SSSR count). The molecule has 0 aliphatic heterocycles. The van der Waals surface area contributed by atoms with Gasteiger partial charge in [-0.25, -0.2) is 9.98 Å². The summed E-state index contributed by atoms with van der Waals surface area (Å²) in [5.74, 6) is 1.87. The highest BCUT2D eigenvalue weighted by Crippen LogP contribution is 2.11. The van der Waals surface area contributed by atoms with Crippen molar-refractivity contribution in [2.45, 2.75) is 53.5 Å². The summed E-state index contributed by atoms with van der Waals surface area (Å²) in [6.07, 6.45) is 5.22. The Bertz CT molecular complexity index is 485. The largest absolute Gasteiger partial charge is 0.381 e. The lowest BCUT2D eigenvalue weighted by molar-refractivity contribution is 0.129. The molecule has 26 heavy (non-hydrogen) atoms. The van der Waals surface area contributed by atoms with Crippen LogP contribution in [0.3, 0.4) is 0 Å². The molecule has 0 fully saturated rings. The third-order valence-corrected chi connectivity index (χ3v) is 4.06. The Morgan fingerprint density at radius 2 is 1.85 bits per heavy atom. The number of hydrogen-bond donors (Lipinski definition) is 2. The molecule has 1 heterocycles. The van der Waals surface area contributed by atoms with Crippen molar-refractivity contribution in [1.82, 2.24) is 15.6 Å². The molecule has 0 amide bonds. The van der Waals surface area contributed by atoms with Gasteiger partial charge in [0, 0.05) is 45.6 Å². The number of ether oxygens (including phenoxy) is 1. The van der Waals surface area contributed by atoms with Gasteiger partial charge in [0.25, 0.3) is 0 Å². The Hall–Kier alpha value is -1.82. The van der Waals surface area contributed by atoms with E-state index in [1.165, 1.54) is 6.42 Å². The van der Waals surface area contributed by atoms with E-state index in [1.54, 1.807) is 0 Å². The molecule has 0 aliphatic carbocycles. The average molecular weight is 364 g/mol. The fourth-order valence-electron chi connectivity index (χ4n) is 2.49. The fourth-order valence-corrected chi connectivity index (χ4v) is 2.49. The predicted molar refractivity (Wildman–Crippen MR) is 111 cm³/mol. The summed E-state index contributed by atoms with van der Waals surface area (Å²) in [6, 6.07) is 4.18. The minimum absolute atomic E-state index is 0.619. The zero-order chi connectivity index (χ0) is 19.0. The highest BCUT2D eigenvalue weighted by atomic mass is 16.5. The lowest BCUT2D eigenvalue weighted by atomic mass is 10.3. The van der Waals surface area contributed by atoms with Crippen molar-refractivity contribution in [1.29, 1.82) is 0 Å². The maximum Gasteiger partial charge on any atom is 0.191 e. The van der Waals surface area contributed by atoms with E-state index in [9.17, 15) is 0 Å². The molecule has 6 nitrogen and oxygen atoms in total. The van der Waals surface area contributed by atoms with Gasteiger partial charge in [-0.15, -0.1) is 0 Å². The Morgan fingerprint density at radius 3 is 2.46 bits per heavy atom. The summed E-state index contributed by atoms with van der Waals surface area (Å²) >= 11 is 0. The number of aromatic nitrogens is 1. The van der Waals surface area contributed by atoms with Gasteiger partial charge in [0.1, 0.15) is 5.82 Å². The van der Waals surface area contributed by atoms with E-state index >= 15 is 0 Å².